The lowest BCUT2D eigenvalue weighted by Crippen LogP contribution is -1.98. The molecule has 4 heteroatoms. The van der Waals surface area contributed by atoms with Gasteiger partial charge < -0.3 is 10.2 Å². The van der Waals surface area contributed by atoms with Gasteiger partial charge in [0.15, 0.2) is 0 Å². The predicted molar refractivity (Wildman–Crippen MR) is 26.1 cm³/mol. The average molecular weight is 138 g/mol. The molecule has 9 heavy (non-hydrogen) atoms. The molecule has 0 aromatic heterocycles. The van der Waals surface area contributed by atoms with Crippen LogP contribution < -0.4 is 0 Å². The summed E-state index contributed by atoms with van der Waals surface area (Å²) < 4.78 is 24.3. The molecule has 0 aromatic rings. The Labute approximate surface area is 51.1 Å². The number of hydrogen-bond donors (Lipinski definition) is 2. The average Bonchev–Trinajstić information content (AvgIpc) is 2.32. The van der Waals surface area contributed by atoms with Gasteiger partial charge in [0.2, 0.25) is 0 Å². The Balaban J connectivity index is 2.45. The molecule has 54 valence electrons. The van der Waals surface area contributed by atoms with E-state index >= 15 is 0 Å². The molecule has 0 radical (unpaired) electrons. The van der Waals surface area contributed by atoms with Crippen LogP contribution in [-0.2, 0) is 0 Å². The Hall–Kier alpha value is -0.220. The Morgan fingerprint density at radius 1 is 1.11 bits per heavy atom. The molecule has 1 fully saturated rings. The summed E-state index contributed by atoms with van der Waals surface area (Å²) in [5, 5.41) is 16.5. The summed E-state index contributed by atoms with van der Waals surface area (Å²) in [4.78, 5) is 0. The van der Waals surface area contributed by atoms with Gasteiger partial charge in [-0.3, -0.25) is 0 Å². The van der Waals surface area contributed by atoms with Crippen LogP contribution >= 0.6 is 0 Å². The molecule has 0 bridgehead atoms. The second-order valence-corrected chi connectivity index (χ2v) is 2.25. The van der Waals surface area contributed by atoms with Gasteiger partial charge in [0.05, 0.1) is 25.0 Å². The van der Waals surface area contributed by atoms with Gasteiger partial charge in [-0.15, -0.1) is 0 Å². The van der Waals surface area contributed by atoms with Crippen molar-refractivity contribution in [2.24, 2.45) is 11.8 Å². The van der Waals surface area contributed by atoms with Crippen LogP contribution in [0.1, 0.15) is 0 Å². The second-order valence-electron chi connectivity index (χ2n) is 2.25. The lowest BCUT2D eigenvalue weighted by atomic mass is 10.3. The van der Waals surface area contributed by atoms with Gasteiger partial charge in [0.25, 0.3) is 5.92 Å². The van der Waals surface area contributed by atoms with E-state index in [1.54, 1.807) is 0 Å². The fourth-order valence-electron chi connectivity index (χ4n) is 0.958. The Bertz CT molecular complexity index is 104. The lowest BCUT2D eigenvalue weighted by Gasteiger charge is -1.87. The van der Waals surface area contributed by atoms with Crippen LogP contribution in [0.3, 0.4) is 0 Å². The monoisotopic (exact) mass is 138 g/mol. The molecule has 2 atom stereocenters. The van der Waals surface area contributed by atoms with Crippen molar-refractivity contribution in [2.45, 2.75) is 5.92 Å². The van der Waals surface area contributed by atoms with Crippen LogP contribution in [0, 0.1) is 11.8 Å². The predicted octanol–water partition coefficient (Wildman–Crippen LogP) is -0.148. The molecule has 0 amide bonds. The van der Waals surface area contributed by atoms with Gasteiger partial charge in [-0.25, -0.2) is 8.78 Å². The van der Waals surface area contributed by atoms with Crippen molar-refractivity contribution in [1.29, 1.82) is 0 Å². The van der Waals surface area contributed by atoms with E-state index in [0.29, 0.717) is 0 Å². The molecular weight excluding hydrogens is 130 g/mol. The van der Waals surface area contributed by atoms with E-state index in [-0.39, 0.29) is 0 Å². The fourth-order valence-corrected chi connectivity index (χ4v) is 0.958. The van der Waals surface area contributed by atoms with Gasteiger partial charge >= 0.3 is 0 Å². The molecule has 2 nitrogen and oxygen atoms in total. The molecule has 1 aliphatic carbocycles. The highest BCUT2D eigenvalue weighted by molar-refractivity contribution is 5.04. The van der Waals surface area contributed by atoms with E-state index in [4.69, 9.17) is 10.2 Å². The summed E-state index contributed by atoms with van der Waals surface area (Å²) in [6.07, 6.45) is 0. The molecule has 1 saturated carbocycles. The Morgan fingerprint density at radius 2 is 1.44 bits per heavy atom. The second kappa shape index (κ2) is 1.88. The molecular formula is C5H8F2O2. The molecule has 1 rings (SSSR count). The summed E-state index contributed by atoms with van der Waals surface area (Å²) in [7, 11) is 0. The smallest absolute Gasteiger partial charge is 0.259 e. The molecule has 2 N–H and O–H groups in total. The fraction of sp³-hybridized carbons (Fsp3) is 1.00. The number of alkyl halides is 2. The number of aliphatic hydroxyl groups is 2. The van der Waals surface area contributed by atoms with Crippen LogP contribution in [0.4, 0.5) is 8.78 Å². The molecule has 0 aromatic carbocycles. The first kappa shape index (κ1) is 6.89. The topological polar surface area (TPSA) is 40.5 Å². The summed E-state index contributed by atoms with van der Waals surface area (Å²) >= 11 is 0. The van der Waals surface area contributed by atoms with Crippen molar-refractivity contribution in [1.82, 2.24) is 0 Å². The third-order valence-corrected chi connectivity index (χ3v) is 1.76. The number of aliphatic hydroxyl groups excluding tert-OH is 2. The maximum Gasteiger partial charge on any atom is 0.259 e. The number of hydrogen-bond acceptors (Lipinski definition) is 2. The highest BCUT2D eigenvalue weighted by Gasteiger charge is 2.67. The van der Waals surface area contributed by atoms with E-state index < -0.39 is 31.0 Å². The number of rotatable bonds is 2. The van der Waals surface area contributed by atoms with Crippen LogP contribution in [-0.4, -0.2) is 29.3 Å². The number of halogens is 2. The van der Waals surface area contributed by atoms with Gasteiger partial charge in [-0.2, -0.15) is 0 Å². The van der Waals surface area contributed by atoms with Gasteiger partial charge in [-0.1, -0.05) is 0 Å². The van der Waals surface area contributed by atoms with Gasteiger partial charge in [0.1, 0.15) is 0 Å². The van der Waals surface area contributed by atoms with Crippen molar-refractivity contribution < 1.29 is 19.0 Å². The highest BCUT2D eigenvalue weighted by Crippen LogP contribution is 2.54. The maximum absolute atomic E-state index is 12.1. The first-order chi connectivity index (χ1) is 4.14. The normalized spacial score (nSPS) is 38.7. The third kappa shape index (κ3) is 0.822. The third-order valence-electron chi connectivity index (χ3n) is 1.76. The summed E-state index contributed by atoms with van der Waals surface area (Å²) in [5.41, 5.74) is 0. The van der Waals surface area contributed by atoms with E-state index in [2.05, 4.69) is 0 Å². The zero-order valence-corrected chi connectivity index (χ0v) is 4.72. The van der Waals surface area contributed by atoms with Crippen molar-refractivity contribution in [3.05, 3.63) is 0 Å². The van der Waals surface area contributed by atoms with Crippen LogP contribution in [0.2, 0.25) is 0 Å². The van der Waals surface area contributed by atoms with Crippen molar-refractivity contribution in [3.8, 4) is 0 Å². The van der Waals surface area contributed by atoms with Crippen LogP contribution in [0.15, 0.2) is 0 Å². The highest BCUT2D eigenvalue weighted by atomic mass is 19.3. The summed E-state index contributed by atoms with van der Waals surface area (Å²) in [6.45, 7) is -1.06. The standard InChI is InChI=1S/C5H8F2O2/c6-5(7)3(1-8)4(5)2-9/h3-4,8-9H,1-2H2/t3-,4+. The van der Waals surface area contributed by atoms with E-state index in [9.17, 15) is 8.78 Å². The zero-order valence-electron chi connectivity index (χ0n) is 4.72. The van der Waals surface area contributed by atoms with E-state index in [1.165, 1.54) is 0 Å². The minimum atomic E-state index is -2.82. The van der Waals surface area contributed by atoms with Gasteiger partial charge in [0, 0.05) is 0 Å². The SMILES string of the molecule is OC[C@@H]1[C@H](CO)C1(F)F. The van der Waals surface area contributed by atoms with Crippen LogP contribution in [0.25, 0.3) is 0 Å². The summed E-state index contributed by atoms with van der Waals surface area (Å²) in [6, 6.07) is 0. The minimum Gasteiger partial charge on any atom is -0.396 e. The molecule has 0 spiro atoms. The maximum atomic E-state index is 12.1. The molecule has 0 saturated heterocycles. The first-order valence-corrected chi connectivity index (χ1v) is 2.74. The molecule has 0 unspecified atom stereocenters. The largest absolute Gasteiger partial charge is 0.396 e. The van der Waals surface area contributed by atoms with E-state index in [0.717, 1.165) is 0 Å². The van der Waals surface area contributed by atoms with Crippen molar-refractivity contribution >= 4 is 0 Å². The lowest BCUT2D eigenvalue weighted by molar-refractivity contribution is 0.0639. The van der Waals surface area contributed by atoms with Gasteiger partial charge in [-0.05, 0) is 0 Å². The molecule has 1 aliphatic rings. The minimum absolute atomic E-state index is 0.530. The van der Waals surface area contributed by atoms with Crippen molar-refractivity contribution in [2.75, 3.05) is 13.2 Å². The van der Waals surface area contributed by atoms with Crippen LogP contribution in [0.5, 0.6) is 0 Å². The Kier molecular flexibility index (Phi) is 1.44. The quantitative estimate of drug-likeness (QED) is 0.557. The Morgan fingerprint density at radius 3 is 1.56 bits per heavy atom. The van der Waals surface area contributed by atoms with E-state index in [1.807, 2.05) is 0 Å². The first-order valence-electron chi connectivity index (χ1n) is 2.74. The summed E-state index contributed by atoms with van der Waals surface area (Å²) in [5.74, 6) is -4.81. The zero-order chi connectivity index (χ0) is 7.07. The van der Waals surface area contributed by atoms with Crippen molar-refractivity contribution in [3.63, 3.8) is 0 Å². The molecule has 0 aliphatic heterocycles. The molecule has 0 heterocycles.